The molecule has 0 bridgehead atoms. The number of benzene rings is 5. The second kappa shape index (κ2) is 9.16. The molecule has 174 valence electrons. The first-order valence-corrected chi connectivity index (χ1v) is 11.8. The third kappa shape index (κ3) is 4.03. The number of esters is 2. The number of fused-ring (bicyclic) bond motifs is 4. The van der Waals surface area contributed by atoms with E-state index in [9.17, 15) is 9.59 Å². The monoisotopic (exact) mass is 470 g/mol. The maximum atomic E-state index is 13.1. The average molecular weight is 471 g/mol. The van der Waals surface area contributed by atoms with Crippen LogP contribution in [0.1, 0.15) is 37.9 Å². The summed E-state index contributed by atoms with van der Waals surface area (Å²) in [5, 5.41) is 4.38. The summed E-state index contributed by atoms with van der Waals surface area (Å²) in [6.45, 7) is 0. The maximum Gasteiger partial charge on any atom is 0.338 e. The van der Waals surface area contributed by atoms with Crippen LogP contribution < -0.4 is 0 Å². The van der Waals surface area contributed by atoms with Crippen LogP contribution in [0.5, 0.6) is 0 Å². The lowest BCUT2D eigenvalue weighted by Crippen LogP contribution is -2.30. The van der Waals surface area contributed by atoms with E-state index in [1.165, 1.54) is 0 Å². The normalized spacial score (nSPS) is 16.4. The Kier molecular flexibility index (Phi) is 5.55. The van der Waals surface area contributed by atoms with Crippen molar-refractivity contribution in [3.05, 3.63) is 138 Å². The van der Waals surface area contributed by atoms with Crippen molar-refractivity contribution < 1.29 is 19.1 Å². The molecule has 0 saturated heterocycles. The molecular formula is C32H22O4. The Morgan fingerprint density at radius 3 is 1.92 bits per heavy atom. The van der Waals surface area contributed by atoms with Crippen LogP contribution in [0.4, 0.5) is 0 Å². The second-order valence-corrected chi connectivity index (χ2v) is 8.78. The summed E-state index contributed by atoms with van der Waals surface area (Å²) in [6.07, 6.45) is 2.15. The lowest BCUT2D eigenvalue weighted by molar-refractivity contribution is -0.0228. The molecular weight excluding hydrogens is 448 g/mol. The van der Waals surface area contributed by atoms with Crippen LogP contribution in [0.2, 0.25) is 0 Å². The summed E-state index contributed by atoms with van der Waals surface area (Å²) in [5.41, 5.74) is 2.61. The molecule has 4 nitrogen and oxygen atoms in total. The fourth-order valence-electron chi connectivity index (χ4n) is 4.71. The lowest BCUT2D eigenvalue weighted by atomic mass is 9.88. The molecule has 5 aromatic carbocycles. The van der Waals surface area contributed by atoms with Gasteiger partial charge in [-0.05, 0) is 69.6 Å². The Bertz CT molecular complexity index is 1620. The minimum Gasteiger partial charge on any atom is -0.450 e. The molecule has 0 spiro atoms. The Hall–Kier alpha value is -4.70. The number of rotatable bonds is 4. The topological polar surface area (TPSA) is 52.6 Å². The van der Waals surface area contributed by atoms with Gasteiger partial charge in [-0.15, -0.1) is 0 Å². The van der Waals surface area contributed by atoms with Gasteiger partial charge in [-0.25, -0.2) is 9.59 Å². The van der Waals surface area contributed by atoms with E-state index in [0.29, 0.717) is 11.1 Å². The number of carbonyl (C=O) groups is 2. The molecule has 2 atom stereocenters. The van der Waals surface area contributed by atoms with Crippen molar-refractivity contribution in [1.29, 1.82) is 0 Å². The van der Waals surface area contributed by atoms with E-state index in [1.807, 2.05) is 30.3 Å². The van der Waals surface area contributed by atoms with Crippen molar-refractivity contribution in [3.8, 4) is 0 Å². The smallest absolute Gasteiger partial charge is 0.338 e. The van der Waals surface area contributed by atoms with Crippen molar-refractivity contribution in [3.63, 3.8) is 0 Å². The highest BCUT2D eigenvalue weighted by Gasteiger charge is 2.33. The van der Waals surface area contributed by atoms with E-state index in [0.717, 1.165) is 32.7 Å². The quantitative estimate of drug-likeness (QED) is 0.207. The van der Waals surface area contributed by atoms with E-state index in [1.54, 1.807) is 54.6 Å². The lowest BCUT2D eigenvalue weighted by Gasteiger charge is -2.30. The highest BCUT2D eigenvalue weighted by Crippen LogP contribution is 2.38. The zero-order valence-electron chi connectivity index (χ0n) is 19.3. The average Bonchev–Trinajstić information content (AvgIpc) is 2.94. The third-order valence-corrected chi connectivity index (χ3v) is 6.52. The number of hydrogen-bond acceptors (Lipinski definition) is 4. The van der Waals surface area contributed by atoms with Gasteiger partial charge < -0.3 is 9.47 Å². The predicted octanol–water partition coefficient (Wildman–Crippen LogP) is 7.14. The molecule has 0 heterocycles. The van der Waals surface area contributed by atoms with E-state index >= 15 is 0 Å². The molecule has 36 heavy (non-hydrogen) atoms. The zero-order chi connectivity index (χ0) is 24.5. The summed E-state index contributed by atoms with van der Waals surface area (Å²) in [5.74, 6) is -0.943. The zero-order valence-corrected chi connectivity index (χ0v) is 19.3. The van der Waals surface area contributed by atoms with Gasteiger partial charge in [-0.2, -0.15) is 0 Å². The van der Waals surface area contributed by atoms with Crippen LogP contribution in [-0.2, 0) is 9.47 Å². The van der Waals surface area contributed by atoms with Gasteiger partial charge in [0, 0.05) is 5.56 Å². The minimum atomic E-state index is -0.797. The van der Waals surface area contributed by atoms with Gasteiger partial charge in [0.1, 0.15) is 0 Å². The van der Waals surface area contributed by atoms with Crippen LogP contribution >= 0.6 is 0 Å². The molecule has 0 aromatic heterocycles. The fraction of sp³-hybridized carbons (Fsp3) is 0.0625. The molecule has 0 unspecified atom stereocenters. The minimum absolute atomic E-state index is 0.438. The van der Waals surface area contributed by atoms with Gasteiger partial charge in [-0.3, -0.25) is 0 Å². The molecule has 1 aliphatic rings. The van der Waals surface area contributed by atoms with Gasteiger partial charge in [0.2, 0.25) is 0 Å². The van der Waals surface area contributed by atoms with Crippen molar-refractivity contribution >= 4 is 39.6 Å². The number of hydrogen-bond donors (Lipinski definition) is 0. The van der Waals surface area contributed by atoms with Crippen molar-refractivity contribution in [2.45, 2.75) is 12.2 Å². The van der Waals surface area contributed by atoms with Crippen LogP contribution in [0.3, 0.4) is 0 Å². The molecule has 0 aliphatic heterocycles. The second-order valence-electron chi connectivity index (χ2n) is 8.78. The molecule has 0 radical (unpaired) electrons. The first-order valence-electron chi connectivity index (χ1n) is 11.8. The Labute approximate surface area is 208 Å². The number of carbonyl (C=O) groups excluding carboxylic acids is 2. The first-order chi connectivity index (χ1) is 17.7. The Balaban J connectivity index is 1.44. The van der Waals surface area contributed by atoms with Gasteiger partial charge in [0.05, 0.1) is 11.1 Å². The van der Waals surface area contributed by atoms with Crippen molar-refractivity contribution in [1.82, 2.24) is 0 Å². The Morgan fingerprint density at radius 1 is 0.583 bits per heavy atom. The van der Waals surface area contributed by atoms with Gasteiger partial charge in [-0.1, -0.05) is 78.9 Å². The van der Waals surface area contributed by atoms with E-state index in [2.05, 4.69) is 36.4 Å². The van der Waals surface area contributed by atoms with Gasteiger partial charge in [0.25, 0.3) is 0 Å². The summed E-state index contributed by atoms with van der Waals surface area (Å²) >= 11 is 0. The number of ether oxygens (including phenoxy) is 2. The summed E-state index contributed by atoms with van der Waals surface area (Å²) < 4.78 is 11.9. The van der Waals surface area contributed by atoms with E-state index in [4.69, 9.17) is 9.47 Å². The third-order valence-electron chi connectivity index (χ3n) is 6.52. The predicted molar refractivity (Wildman–Crippen MR) is 141 cm³/mol. The van der Waals surface area contributed by atoms with E-state index in [-0.39, 0.29) is 0 Å². The van der Waals surface area contributed by atoms with Crippen LogP contribution in [0.25, 0.3) is 27.6 Å². The Morgan fingerprint density at radius 2 is 1.19 bits per heavy atom. The van der Waals surface area contributed by atoms with Crippen molar-refractivity contribution in [2.75, 3.05) is 0 Å². The highest BCUT2D eigenvalue weighted by molar-refractivity contribution is 6.08. The molecule has 0 saturated carbocycles. The van der Waals surface area contributed by atoms with Crippen LogP contribution in [0, 0.1) is 0 Å². The summed E-state index contributed by atoms with van der Waals surface area (Å²) in [7, 11) is 0. The molecule has 4 heteroatoms. The fourth-order valence-corrected chi connectivity index (χ4v) is 4.71. The van der Waals surface area contributed by atoms with Crippen molar-refractivity contribution in [2.24, 2.45) is 0 Å². The largest absolute Gasteiger partial charge is 0.450 e. The van der Waals surface area contributed by atoms with Crippen LogP contribution in [0.15, 0.2) is 115 Å². The molecule has 6 rings (SSSR count). The SMILES string of the molecule is O=C(O[C@H]1C=Cc2cc3ccc4ccccc4c3cc2[C@@H]1OC(=O)c1ccccc1)c1ccccc1. The first kappa shape index (κ1) is 21.8. The van der Waals surface area contributed by atoms with Crippen LogP contribution in [-0.4, -0.2) is 18.0 Å². The maximum absolute atomic E-state index is 13.1. The van der Waals surface area contributed by atoms with E-state index < -0.39 is 24.1 Å². The molecule has 0 fully saturated rings. The van der Waals surface area contributed by atoms with Gasteiger partial charge >= 0.3 is 11.9 Å². The standard InChI is InChI=1S/C32H22O4/c33-31(22-10-3-1-4-11-22)35-29-18-17-25-19-24-16-15-21-9-7-8-14-26(21)27(24)20-28(25)30(29)36-32(34)23-12-5-2-6-13-23/h1-20,29-30H/t29-,30-/m0/s1. The summed E-state index contributed by atoms with van der Waals surface area (Å²) in [6, 6.07) is 34.2. The summed E-state index contributed by atoms with van der Waals surface area (Å²) in [4.78, 5) is 26.0. The molecule has 0 amide bonds. The highest BCUT2D eigenvalue weighted by atomic mass is 16.6. The van der Waals surface area contributed by atoms with Gasteiger partial charge in [0.15, 0.2) is 12.2 Å². The molecule has 5 aromatic rings. The molecule has 1 aliphatic carbocycles. The molecule has 0 N–H and O–H groups in total.